The highest BCUT2D eigenvalue weighted by Crippen LogP contribution is 2.11. The van der Waals surface area contributed by atoms with Gasteiger partial charge in [-0.1, -0.05) is 26.0 Å². The van der Waals surface area contributed by atoms with E-state index in [1.54, 1.807) is 36.0 Å². The van der Waals surface area contributed by atoms with Crippen molar-refractivity contribution in [3.05, 3.63) is 35.4 Å². The minimum atomic E-state index is -0.477. The first-order chi connectivity index (χ1) is 10.3. The Labute approximate surface area is 133 Å². The topological polar surface area (TPSA) is 66.6 Å². The Morgan fingerprint density at radius 2 is 1.68 bits per heavy atom. The first-order valence-corrected chi connectivity index (χ1v) is 7.62. The van der Waals surface area contributed by atoms with E-state index in [2.05, 4.69) is 0 Å². The van der Waals surface area contributed by atoms with Gasteiger partial charge >= 0.3 is 0 Å². The highest BCUT2D eigenvalue weighted by Gasteiger charge is 2.22. The first-order valence-electron chi connectivity index (χ1n) is 7.62. The maximum atomic E-state index is 12.3. The van der Waals surface area contributed by atoms with Crippen LogP contribution in [0.2, 0.25) is 0 Å². The van der Waals surface area contributed by atoms with E-state index in [1.165, 1.54) is 0 Å². The van der Waals surface area contributed by atoms with Crippen LogP contribution in [-0.4, -0.2) is 48.3 Å². The van der Waals surface area contributed by atoms with Crippen molar-refractivity contribution in [3.8, 4) is 0 Å². The lowest BCUT2D eigenvalue weighted by Crippen LogP contribution is -2.46. The lowest BCUT2D eigenvalue weighted by Gasteiger charge is -2.26. The van der Waals surface area contributed by atoms with Crippen molar-refractivity contribution < 1.29 is 9.59 Å². The Balaban J connectivity index is 2.80. The maximum Gasteiger partial charge on any atom is 0.253 e. The molecule has 0 heterocycles. The zero-order chi connectivity index (χ0) is 16.9. The fraction of sp³-hybridized carbons (Fsp3) is 0.529. The van der Waals surface area contributed by atoms with Crippen LogP contribution in [0, 0.1) is 5.92 Å². The maximum absolute atomic E-state index is 12.3. The Kier molecular flexibility index (Phi) is 6.56. The summed E-state index contributed by atoms with van der Waals surface area (Å²) in [6, 6.07) is 6.87. The van der Waals surface area contributed by atoms with Crippen molar-refractivity contribution in [2.75, 3.05) is 20.6 Å². The number of amides is 2. The van der Waals surface area contributed by atoms with Gasteiger partial charge in [-0.3, -0.25) is 9.59 Å². The summed E-state index contributed by atoms with van der Waals surface area (Å²) in [5, 5.41) is 0. The number of hydrogen-bond acceptors (Lipinski definition) is 3. The number of benzene rings is 1. The minimum absolute atomic E-state index is 0.0307. The number of rotatable bonds is 6. The molecule has 122 valence electrons. The van der Waals surface area contributed by atoms with Crippen LogP contribution >= 0.6 is 0 Å². The summed E-state index contributed by atoms with van der Waals surface area (Å²) < 4.78 is 0. The van der Waals surface area contributed by atoms with Gasteiger partial charge in [-0.25, -0.2) is 0 Å². The Morgan fingerprint density at radius 1 is 1.14 bits per heavy atom. The molecule has 0 saturated carbocycles. The predicted octanol–water partition coefficient (Wildman–Crippen LogP) is 1.72. The van der Waals surface area contributed by atoms with Gasteiger partial charge in [0, 0.05) is 32.7 Å². The van der Waals surface area contributed by atoms with Gasteiger partial charge in [-0.15, -0.1) is 0 Å². The summed E-state index contributed by atoms with van der Waals surface area (Å²) in [4.78, 5) is 27.5. The summed E-state index contributed by atoms with van der Waals surface area (Å²) in [7, 11) is 3.45. The molecule has 0 spiro atoms. The van der Waals surface area contributed by atoms with Gasteiger partial charge in [0.2, 0.25) is 5.91 Å². The van der Waals surface area contributed by atoms with Crippen LogP contribution in [0.5, 0.6) is 0 Å². The third kappa shape index (κ3) is 4.56. The summed E-state index contributed by atoms with van der Waals surface area (Å²) in [5.41, 5.74) is 7.57. The van der Waals surface area contributed by atoms with Crippen molar-refractivity contribution >= 4 is 11.8 Å². The molecule has 0 aliphatic carbocycles. The van der Waals surface area contributed by atoms with E-state index in [4.69, 9.17) is 5.73 Å². The van der Waals surface area contributed by atoms with Crippen LogP contribution in [0.15, 0.2) is 24.3 Å². The third-order valence-electron chi connectivity index (χ3n) is 3.68. The highest BCUT2D eigenvalue weighted by atomic mass is 16.2. The minimum Gasteiger partial charge on any atom is -0.345 e. The zero-order valence-electron chi connectivity index (χ0n) is 14.2. The molecule has 0 unspecified atom stereocenters. The molecule has 2 N–H and O–H groups in total. The fourth-order valence-corrected chi connectivity index (χ4v) is 2.07. The largest absolute Gasteiger partial charge is 0.345 e. The van der Waals surface area contributed by atoms with Gasteiger partial charge in [-0.2, -0.15) is 0 Å². The second-order valence-corrected chi connectivity index (χ2v) is 6.02. The first kappa shape index (κ1) is 18.2. The van der Waals surface area contributed by atoms with E-state index < -0.39 is 6.04 Å². The lowest BCUT2D eigenvalue weighted by molar-refractivity contribution is -0.134. The monoisotopic (exact) mass is 305 g/mol. The SMILES string of the molecule is CCN(Cc1ccc(C(=O)N(C)C)cc1)C(=O)[C@@H](N)C(C)C. The summed E-state index contributed by atoms with van der Waals surface area (Å²) in [5.74, 6) is 0.0457. The van der Waals surface area contributed by atoms with E-state index in [0.29, 0.717) is 18.7 Å². The van der Waals surface area contributed by atoms with Crippen LogP contribution in [0.1, 0.15) is 36.7 Å². The van der Waals surface area contributed by atoms with Crippen LogP contribution in [0.3, 0.4) is 0 Å². The quantitative estimate of drug-likeness (QED) is 0.870. The molecule has 2 amide bonds. The molecule has 0 fully saturated rings. The van der Waals surface area contributed by atoms with Crippen LogP contribution in [-0.2, 0) is 11.3 Å². The number of nitrogens with zero attached hydrogens (tertiary/aromatic N) is 2. The smallest absolute Gasteiger partial charge is 0.253 e. The van der Waals surface area contributed by atoms with Crippen LogP contribution in [0.4, 0.5) is 0 Å². The van der Waals surface area contributed by atoms with E-state index >= 15 is 0 Å². The number of carbonyl (C=O) groups is 2. The molecule has 5 nitrogen and oxygen atoms in total. The van der Waals surface area contributed by atoms with E-state index in [-0.39, 0.29) is 17.7 Å². The number of carbonyl (C=O) groups excluding carboxylic acids is 2. The predicted molar refractivity (Wildman–Crippen MR) is 88.4 cm³/mol. The fourth-order valence-electron chi connectivity index (χ4n) is 2.07. The number of nitrogens with two attached hydrogens (primary N) is 1. The molecular weight excluding hydrogens is 278 g/mol. The molecule has 0 saturated heterocycles. The van der Waals surface area contributed by atoms with Gasteiger partial charge in [0.25, 0.3) is 5.91 Å². The van der Waals surface area contributed by atoms with E-state index in [9.17, 15) is 9.59 Å². The molecule has 22 heavy (non-hydrogen) atoms. The molecule has 1 atom stereocenters. The van der Waals surface area contributed by atoms with Crippen LogP contribution in [0.25, 0.3) is 0 Å². The molecule has 0 bridgehead atoms. The summed E-state index contributed by atoms with van der Waals surface area (Å²) in [6.07, 6.45) is 0. The molecule has 0 aliphatic rings. The van der Waals surface area contributed by atoms with Gasteiger partial charge in [0.15, 0.2) is 0 Å². The highest BCUT2D eigenvalue weighted by molar-refractivity contribution is 5.93. The average molecular weight is 305 g/mol. The molecule has 0 radical (unpaired) electrons. The molecule has 0 aromatic heterocycles. The lowest BCUT2D eigenvalue weighted by atomic mass is 10.0. The zero-order valence-corrected chi connectivity index (χ0v) is 14.2. The van der Waals surface area contributed by atoms with Crippen molar-refractivity contribution in [3.63, 3.8) is 0 Å². The Morgan fingerprint density at radius 3 is 2.09 bits per heavy atom. The second-order valence-electron chi connectivity index (χ2n) is 6.02. The van der Waals surface area contributed by atoms with Crippen molar-refractivity contribution in [1.29, 1.82) is 0 Å². The molecule has 1 rings (SSSR count). The standard InChI is InChI=1S/C17H27N3O2/c1-6-20(17(22)15(18)12(2)3)11-13-7-9-14(10-8-13)16(21)19(4)5/h7-10,12,15H,6,11,18H2,1-5H3/t15-/m0/s1. The molecule has 1 aromatic carbocycles. The third-order valence-corrected chi connectivity index (χ3v) is 3.68. The average Bonchev–Trinajstić information content (AvgIpc) is 2.50. The number of likely N-dealkylation sites (N-methyl/N-ethyl adjacent to an activating group) is 1. The normalized spacial score (nSPS) is 12.1. The van der Waals surface area contributed by atoms with E-state index in [1.807, 2.05) is 32.9 Å². The molecular formula is C17H27N3O2. The van der Waals surface area contributed by atoms with Crippen molar-refractivity contribution in [2.45, 2.75) is 33.4 Å². The number of hydrogen-bond donors (Lipinski definition) is 1. The Hall–Kier alpha value is -1.88. The van der Waals surface area contributed by atoms with Gasteiger partial charge < -0.3 is 15.5 Å². The van der Waals surface area contributed by atoms with Crippen molar-refractivity contribution in [1.82, 2.24) is 9.80 Å². The molecule has 5 heteroatoms. The van der Waals surface area contributed by atoms with Crippen molar-refractivity contribution in [2.24, 2.45) is 11.7 Å². The van der Waals surface area contributed by atoms with Crippen LogP contribution < -0.4 is 5.73 Å². The Bertz CT molecular complexity index is 509. The molecule has 1 aromatic rings. The van der Waals surface area contributed by atoms with Gasteiger partial charge in [0.1, 0.15) is 0 Å². The molecule has 0 aliphatic heterocycles. The summed E-state index contributed by atoms with van der Waals surface area (Å²) >= 11 is 0. The van der Waals surface area contributed by atoms with Gasteiger partial charge in [0.05, 0.1) is 6.04 Å². The van der Waals surface area contributed by atoms with Gasteiger partial charge in [-0.05, 0) is 30.5 Å². The second kappa shape index (κ2) is 7.94. The summed E-state index contributed by atoms with van der Waals surface area (Å²) in [6.45, 7) is 6.94. The van der Waals surface area contributed by atoms with E-state index in [0.717, 1.165) is 5.56 Å².